The summed E-state index contributed by atoms with van der Waals surface area (Å²) in [6.45, 7) is 15.5. The number of ether oxygens (including phenoxy) is 8. The van der Waals surface area contributed by atoms with Crippen molar-refractivity contribution < 1.29 is 85.8 Å². The van der Waals surface area contributed by atoms with E-state index in [1.165, 1.54) is 60.0 Å². The fraction of sp³-hybridized carbons (Fsp3) is 0.310. The Labute approximate surface area is 638 Å². The van der Waals surface area contributed by atoms with E-state index in [-0.39, 0.29) is 90.6 Å². The molecule has 4 amide bonds. The number of hydrogen-bond acceptors (Lipinski definition) is 18. The molecular weight excluding hydrogens is 1400 g/mol. The van der Waals surface area contributed by atoms with Crippen LogP contribution >= 0.6 is 0 Å². The van der Waals surface area contributed by atoms with Crippen molar-refractivity contribution in [2.75, 3.05) is 18.5 Å². The first-order valence-corrected chi connectivity index (χ1v) is 36.2. The van der Waals surface area contributed by atoms with Gasteiger partial charge in [-0.1, -0.05) is 121 Å². The number of aliphatic imine (C=N–C) groups is 2. The largest absolute Gasteiger partial charge is 0.489 e. The number of nitrogens with one attached hydrogen (secondary N) is 1. The number of hydrogen-bond donors (Lipinski definition) is 1. The van der Waals surface area contributed by atoms with Crippen LogP contribution in [0.4, 0.5) is 15.3 Å². The van der Waals surface area contributed by atoms with Gasteiger partial charge in [-0.3, -0.25) is 19.2 Å². The Morgan fingerprint density at radius 1 is 0.473 bits per heavy atom. The normalized spacial score (nSPS) is 13.7. The summed E-state index contributed by atoms with van der Waals surface area (Å²) >= 11 is 0. The van der Waals surface area contributed by atoms with Gasteiger partial charge < -0.3 is 53.0 Å². The Hall–Kier alpha value is -12.4. The van der Waals surface area contributed by atoms with Gasteiger partial charge in [-0.05, 0) is 206 Å². The van der Waals surface area contributed by atoms with Gasteiger partial charge in [0.2, 0.25) is 0 Å². The van der Waals surface area contributed by atoms with Crippen LogP contribution < -0.4 is 24.3 Å². The van der Waals surface area contributed by atoms with Crippen LogP contribution in [-0.4, -0.2) is 117 Å². The molecule has 2 atom stereocenters. The minimum absolute atomic E-state index is 0.0291. The number of nitrogens with zero attached hydrogens (tertiary/aromatic N) is 4. The van der Waals surface area contributed by atoms with Gasteiger partial charge >= 0.3 is 36.1 Å². The van der Waals surface area contributed by atoms with E-state index in [0.29, 0.717) is 88.0 Å². The second-order valence-corrected chi connectivity index (χ2v) is 28.9. The summed E-state index contributed by atoms with van der Waals surface area (Å²) in [6, 6.07) is 48.2. The van der Waals surface area contributed by atoms with Crippen LogP contribution in [0.3, 0.4) is 0 Å². The molecule has 10 rings (SSSR count). The van der Waals surface area contributed by atoms with Crippen molar-refractivity contribution in [1.29, 1.82) is 0 Å². The van der Waals surface area contributed by atoms with Crippen LogP contribution in [-0.2, 0) is 83.7 Å². The Morgan fingerprint density at radius 3 is 1.35 bits per heavy atom. The molecule has 570 valence electrons. The first-order valence-electron chi connectivity index (χ1n) is 36.2. The highest BCUT2D eigenvalue weighted by Crippen LogP contribution is 2.39. The number of Topliss-reactive ketones (excluding diaryl/α,β-unsaturated/α-hetero) is 2. The Kier molecular flexibility index (Phi) is 26.6. The molecule has 0 unspecified atom stereocenters. The molecule has 0 saturated heterocycles. The van der Waals surface area contributed by atoms with Gasteiger partial charge in [-0.25, -0.2) is 28.8 Å². The molecule has 0 bridgehead atoms. The number of amidine groups is 1. The monoisotopic (exact) mass is 1490 g/mol. The molecule has 2 aliphatic rings. The Bertz CT molecular complexity index is 4540. The fourth-order valence-electron chi connectivity index (χ4n) is 12.6. The molecular formula is C87H89N5O18. The number of carbonyl (C=O) groups excluding carboxylic acids is 10. The predicted octanol–water partition coefficient (Wildman–Crippen LogP) is 15.6. The van der Waals surface area contributed by atoms with Gasteiger partial charge in [0.25, 0.3) is 11.8 Å². The number of benzene rings is 8. The molecule has 2 heterocycles. The van der Waals surface area contributed by atoms with E-state index in [2.05, 4.69) is 15.3 Å². The van der Waals surface area contributed by atoms with Crippen molar-refractivity contribution >= 4 is 76.7 Å². The molecule has 8 aromatic rings. The summed E-state index contributed by atoms with van der Waals surface area (Å²) in [5.74, 6) is -5.70. The van der Waals surface area contributed by atoms with E-state index < -0.39 is 95.6 Å². The Balaban J connectivity index is 0.966. The van der Waals surface area contributed by atoms with Gasteiger partial charge in [-0.2, -0.15) is 9.98 Å². The number of esters is 4. The lowest BCUT2D eigenvalue weighted by Gasteiger charge is -2.31. The lowest BCUT2D eigenvalue weighted by atomic mass is 9.97. The quantitative estimate of drug-likeness (QED) is 0.0217. The van der Waals surface area contributed by atoms with Crippen molar-refractivity contribution in [3.8, 4) is 34.1 Å². The first kappa shape index (κ1) is 80.1. The molecule has 2 aliphatic heterocycles. The summed E-state index contributed by atoms with van der Waals surface area (Å²) in [7, 11) is 0. The first-order chi connectivity index (χ1) is 52.5. The highest BCUT2D eigenvalue weighted by atomic mass is 16.6. The average molecular weight is 1490 g/mol. The zero-order valence-corrected chi connectivity index (χ0v) is 63.3. The number of fused-ring (bicyclic) bond motifs is 4. The van der Waals surface area contributed by atoms with E-state index >= 15 is 9.59 Å². The molecule has 0 fully saturated rings. The second-order valence-electron chi connectivity index (χ2n) is 28.9. The lowest BCUT2D eigenvalue weighted by Crippen LogP contribution is -2.46. The van der Waals surface area contributed by atoms with E-state index in [4.69, 9.17) is 37.9 Å². The van der Waals surface area contributed by atoms with E-state index in [1.54, 1.807) is 171 Å². The van der Waals surface area contributed by atoms with Gasteiger partial charge in [0.1, 0.15) is 53.9 Å². The van der Waals surface area contributed by atoms with E-state index in [9.17, 15) is 38.4 Å². The average Bonchev–Trinajstić information content (AvgIpc) is 0.794. The van der Waals surface area contributed by atoms with Gasteiger partial charge in [0, 0.05) is 43.8 Å². The van der Waals surface area contributed by atoms with Crippen LogP contribution in [0, 0.1) is 0 Å². The van der Waals surface area contributed by atoms with Gasteiger partial charge in [-0.15, -0.1) is 0 Å². The molecule has 0 aromatic heterocycles. The van der Waals surface area contributed by atoms with Crippen LogP contribution in [0.25, 0.3) is 11.1 Å². The third kappa shape index (κ3) is 22.4. The third-order valence-electron chi connectivity index (χ3n) is 17.4. The van der Waals surface area contributed by atoms with Crippen molar-refractivity contribution in [3.63, 3.8) is 0 Å². The summed E-state index contributed by atoms with van der Waals surface area (Å²) in [5.41, 5.74) is 5.42. The van der Waals surface area contributed by atoms with Crippen LogP contribution in [0.2, 0.25) is 0 Å². The minimum atomic E-state index is -1.51. The topological polar surface area (TPSA) is 288 Å². The molecule has 8 aromatic carbocycles. The molecule has 0 spiro atoms. The second kappa shape index (κ2) is 36.5. The molecule has 23 nitrogen and oxygen atoms in total. The van der Waals surface area contributed by atoms with Crippen molar-refractivity contribution in [3.05, 3.63) is 243 Å². The third-order valence-corrected chi connectivity index (χ3v) is 17.4. The number of anilines is 1. The van der Waals surface area contributed by atoms with Crippen LogP contribution in [0.15, 0.2) is 192 Å². The molecule has 23 heteroatoms. The SMILES string of the molecule is CC(=O)C[C@@H](C(=O)OCc1ccccc1)N(Cc1cccc(-c2cccc(CN(C(=O)c3cccc4c3OCCCc3cc(NC(C)=NC(=O)OC(C)(C)C)ccc3C(=O)O4)[C@@H](CC(C)=O)C(=O)OCc3ccccc3)c2)c1)C(=O)c1cccc2c1OCCCc1cc(CC(C)=NC(=O)OC(C)(C)C)ccc1C(=O)O2. The Morgan fingerprint density at radius 2 is 0.900 bits per heavy atom. The van der Waals surface area contributed by atoms with Gasteiger partial charge in [0.15, 0.2) is 23.0 Å². The molecule has 0 aliphatic carbocycles. The number of para-hydroxylation sites is 2. The van der Waals surface area contributed by atoms with Crippen molar-refractivity contribution in [1.82, 2.24) is 9.80 Å². The highest BCUT2D eigenvalue weighted by Gasteiger charge is 2.38. The minimum Gasteiger partial charge on any atom is -0.489 e. The number of rotatable bonds is 22. The number of aryl methyl sites for hydroxylation is 2. The summed E-state index contributed by atoms with van der Waals surface area (Å²) in [5, 5.41) is 3.08. The summed E-state index contributed by atoms with van der Waals surface area (Å²) < 4.78 is 47.5. The standard InChI is InChI=1S/C87H89N5O18/c1-54(88-84(101)109-86(5,6)7)43-60-37-39-68-65(46-60)31-21-41-103-76-70(33-19-35-74(76)107-80(68)97)78(95)91(72(44-55(2)93)82(99)105-52-58-23-13-11-14-24-58)50-61-27-17-29-63(47-61)64-30-18-28-62(48-64)51-92(73(45-56(3)94)83(100)106-53-59-25-15-12-16-26-59)79(96)71-34-20-36-75-77(71)104-42-22-32-66-49-67(38-40-69(66)81(98)108-75)89-57(4)90-85(102)110-87(8,9)10/h11-20,23-30,33-40,46-49,72-73H,21-22,31-32,41-45,50-53H2,1-10H3,(H,89,90,102)/t72-,73-/m0/s1. The molecule has 1 N–H and O–H groups in total. The van der Waals surface area contributed by atoms with Gasteiger partial charge in [0.05, 0.1) is 35.5 Å². The number of ketones is 2. The maximum absolute atomic E-state index is 15.8. The van der Waals surface area contributed by atoms with Crippen LogP contribution in [0.1, 0.15) is 175 Å². The molecule has 110 heavy (non-hydrogen) atoms. The summed E-state index contributed by atoms with van der Waals surface area (Å²) in [6.07, 6.45) is -0.694. The maximum Gasteiger partial charge on any atom is 0.435 e. The van der Waals surface area contributed by atoms with Crippen molar-refractivity contribution in [2.45, 2.75) is 164 Å². The molecule has 0 radical (unpaired) electrons. The number of amides is 4. The maximum atomic E-state index is 15.8. The van der Waals surface area contributed by atoms with E-state index in [0.717, 1.165) is 5.56 Å². The lowest BCUT2D eigenvalue weighted by molar-refractivity contribution is -0.152. The molecule has 0 saturated carbocycles. The zero-order valence-electron chi connectivity index (χ0n) is 63.3. The predicted molar refractivity (Wildman–Crippen MR) is 412 cm³/mol. The number of carbonyl (C=O) groups is 10. The van der Waals surface area contributed by atoms with Crippen molar-refractivity contribution in [2.24, 2.45) is 9.98 Å². The van der Waals surface area contributed by atoms with Crippen LogP contribution in [0.5, 0.6) is 23.0 Å². The van der Waals surface area contributed by atoms with E-state index in [1.807, 2.05) is 30.3 Å². The smallest absolute Gasteiger partial charge is 0.435 e. The highest BCUT2D eigenvalue weighted by molar-refractivity contribution is 6.04. The summed E-state index contributed by atoms with van der Waals surface area (Å²) in [4.78, 5) is 152. The zero-order chi connectivity index (χ0) is 78.8. The fourth-order valence-corrected chi connectivity index (χ4v) is 12.6.